The largest absolute Gasteiger partial charge is 0.374 e. The standard InChI is InChI=1S/C21H26N2O2/c1-14-4-2-5-17-15(11-22-19(14)17)6-7-18(24)23-13-20-10-16(20)12-25-21(20)8-3-9-21/h2,4-5,11,16,22H,3,6-10,12-13H2,1H3,(H,23,24)/t16-,20+/m0/s1. The van der Waals surface area contributed by atoms with Gasteiger partial charge in [-0.3, -0.25) is 4.79 Å². The van der Waals surface area contributed by atoms with Gasteiger partial charge >= 0.3 is 0 Å². The van der Waals surface area contributed by atoms with Gasteiger partial charge in [0.15, 0.2) is 0 Å². The first-order valence-corrected chi connectivity index (χ1v) is 9.60. The average molecular weight is 338 g/mol. The minimum atomic E-state index is 0.110. The van der Waals surface area contributed by atoms with Crippen LogP contribution in [-0.2, 0) is 16.0 Å². The van der Waals surface area contributed by atoms with E-state index in [0.717, 1.165) is 19.6 Å². The molecule has 2 aromatic rings. The zero-order valence-corrected chi connectivity index (χ0v) is 14.9. The third-order valence-electron chi connectivity index (χ3n) is 7.09. The number of benzene rings is 1. The number of amides is 1. The molecule has 0 unspecified atom stereocenters. The topological polar surface area (TPSA) is 54.1 Å². The molecule has 4 heteroatoms. The van der Waals surface area contributed by atoms with E-state index < -0.39 is 0 Å². The first kappa shape index (κ1) is 15.4. The summed E-state index contributed by atoms with van der Waals surface area (Å²) in [4.78, 5) is 15.8. The van der Waals surface area contributed by atoms with Gasteiger partial charge in [0.05, 0.1) is 12.2 Å². The lowest BCUT2D eigenvalue weighted by atomic mass is 9.68. The van der Waals surface area contributed by atoms with Crippen LogP contribution in [0.15, 0.2) is 24.4 Å². The summed E-state index contributed by atoms with van der Waals surface area (Å²) in [6, 6.07) is 6.33. The zero-order chi connectivity index (χ0) is 17.1. The fourth-order valence-corrected chi connectivity index (χ4v) is 5.24. The number of H-pyrrole nitrogens is 1. The lowest BCUT2D eigenvalue weighted by Gasteiger charge is -2.45. The molecule has 2 N–H and O–H groups in total. The van der Waals surface area contributed by atoms with Crippen LogP contribution in [0, 0.1) is 18.3 Å². The molecule has 3 fully saturated rings. The second kappa shape index (κ2) is 5.34. The summed E-state index contributed by atoms with van der Waals surface area (Å²) in [5.41, 5.74) is 4.04. The van der Waals surface area contributed by atoms with Crippen molar-refractivity contribution in [1.82, 2.24) is 10.3 Å². The van der Waals surface area contributed by atoms with E-state index in [4.69, 9.17) is 4.74 Å². The van der Waals surface area contributed by atoms with Crippen molar-refractivity contribution in [2.45, 2.75) is 51.0 Å². The van der Waals surface area contributed by atoms with Gasteiger partial charge in [-0.25, -0.2) is 0 Å². The van der Waals surface area contributed by atoms with E-state index in [2.05, 4.69) is 41.6 Å². The lowest BCUT2D eigenvalue weighted by molar-refractivity contribution is -0.125. The van der Waals surface area contributed by atoms with Crippen molar-refractivity contribution in [3.8, 4) is 0 Å². The number of rotatable bonds is 5. The fraction of sp³-hybridized carbons (Fsp3) is 0.571. The number of aromatic nitrogens is 1. The monoisotopic (exact) mass is 338 g/mol. The van der Waals surface area contributed by atoms with Crippen molar-refractivity contribution >= 4 is 16.8 Å². The first-order chi connectivity index (χ1) is 12.1. The Kier molecular flexibility index (Phi) is 3.30. The molecule has 3 aliphatic rings. The van der Waals surface area contributed by atoms with Gasteiger partial charge in [0.25, 0.3) is 0 Å². The molecule has 0 bridgehead atoms. The fourth-order valence-electron chi connectivity index (χ4n) is 5.24. The quantitative estimate of drug-likeness (QED) is 0.877. The zero-order valence-electron chi connectivity index (χ0n) is 14.9. The molecule has 1 aliphatic heterocycles. The first-order valence-electron chi connectivity index (χ1n) is 9.60. The molecule has 1 spiro atoms. The molecule has 5 rings (SSSR count). The van der Waals surface area contributed by atoms with Crippen LogP contribution < -0.4 is 5.32 Å². The highest BCUT2D eigenvalue weighted by molar-refractivity contribution is 5.86. The number of ether oxygens (including phenoxy) is 1. The highest BCUT2D eigenvalue weighted by atomic mass is 16.5. The van der Waals surface area contributed by atoms with E-state index in [1.54, 1.807) is 0 Å². The van der Waals surface area contributed by atoms with Crippen LogP contribution in [-0.4, -0.2) is 29.6 Å². The average Bonchev–Trinajstić information content (AvgIpc) is 2.98. The number of carbonyl (C=O) groups is 1. The molecule has 2 atom stereocenters. The molecular weight excluding hydrogens is 312 g/mol. The van der Waals surface area contributed by atoms with Crippen molar-refractivity contribution in [2.24, 2.45) is 11.3 Å². The summed E-state index contributed by atoms with van der Waals surface area (Å²) in [6.07, 6.45) is 8.29. The Morgan fingerprint density at radius 3 is 3.04 bits per heavy atom. The van der Waals surface area contributed by atoms with Gasteiger partial charge in [-0.05, 0) is 56.1 Å². The van der Waals surface area contributed by atoms with Crippen molar-refractivity contribution in [1.29, 1.82) is 0 Å². The number of nitrogens with one attached hydrogen (secondary N) is 2. The number of para-hydroxylation sites is 1. The summed E-state index contributed by atoms with van der Waals surface area (Å²) in [5.74, 6) is 0.855. The highest BCUT2D eigenvalue weighted by Gasteiger charge is 2.73. The molecule has 2 saturated carbocycles. The minimum Gasteiger partial charge on any atom is -0.374 e. The Hall–Kier alpha value is -1.81. The molecular formula is C21H26N2O2. The van der Waals surface area contributed by atoms with Crippen LogP contribution in [0.25, 0.3) is 10.9 Å². The van der Waals surface area contributed by atoms with E-state index in [-0.39, 0.29) is 16.9 Å². The van der Waals surface area contributed by atoms with Crippen molar-refractivity contribution < 1.29 is 9.53 Å². The maximum absolute atomic E-state index is 12.4. The summed E-state index contributed by atoms with van der Waals surface area (Å²) < 4.78 is 6.10. The summed E-state index contributed by atoms with van der Waals surface area (Å²) in [6.45, 7) is 3.83. The predicted molar refractivity (Wildman–Crippen MR) is 97.4 cm³/mol. The van der Waals surface area contributed by atoms with Crippen molar-refractivity contribution in [3.63, 3.8) is 0 Å². The van der Waals surface area contributed by atoms with Gasteiger partial charge < -0.3 is 15.0 Å². The van der Waals surface area contributed by atoms with E-state index in [9.17, 15) is 4.79 Å². The van der Waals surface area contributed by atoms with E-state index in [1.165, 1.54) is 47.7 Å². The number of carbonyl (C=O) groups excluding carboxylic acids is 1. The maximum Gasteiger partial charge on any atom is 0.220 e. The molecule has 2 aliphatic carbocycles. The highest BCUT2D eigenvalue weighted by Crippen LogP contribution is 2.70. The molecule has 25 heavy (non-hydrogen) atoms. The molecule has 1 saturated heterocycles. The van der Waals surface area contributed by atoms with Crippen LogP contribution in [0.1, 0.15) is 43.2 Å². The Bertz CT molecular complexity index is 836. The number of aromatic amines is 1. The van der Waals surface area contributed by atoms with Crippen LogP contribution in [0.3, 0.4) is 0 Å². The van der Waals surface area contributed by atoms with Crippen LogP contribution in [0.4, 0.5) is 0 Å². The molecule has 1 amide bonds. The van der Waals surface area contributed by atoms with Crippen LogP contribution >= 0.6 is 0 Å². The summed E-state index contributed by atoms with van der Waals surface area (Å²) >= 11 is 0. The Balaban J connectivity index is 1.20. The Labute approximate surface area is 148 Å². The van der Waals surface area contributed by atoms with E-state index >= 15 is 0 Å². The molecule has 2 heterocycles. The van der Waals surface area contributed by atoms with E-state index in [0.29, 0.717) is 12.3 Å². The maximum atomic E-state index is 12.4. The number of aryl methyl sites for hydroxylation is 2. The van der Waals surface area contributed by atoms with Gasteiger partial charge in [-0.2, -0.15) is 0 Å². The predicted octanol–water partition coefficient (Wildman–Crippen LogP) is 3.48. The SMILES string of the molecule is Cc1cccc2c(CCC(=O)NC[C@]34C[C@H]3COC43CCC3)c[nH]c12. The van der Waals surface area contributed by atoms with Gasteiger partial charge in [0, 0.05) is 35.5 Å². The summed E-state index contributed by atoms with van der Waals surface area (Å²) in [7, 11) is 0. The molecule has 132 valence electrons. The third kappa shape index (κ3) is 2.20. The second-order valence-electron chi connectivity index (χ2n) is 8.30. The molecule has 1 aromatic carbocycles. The van der Waals surface area contributed by atoms with E-state index in [1.807, 2.05) is 0 Å². The number of fused-ring (bicyclic) bond motifs is 3. The van der Waals surface area contributed by atoms with Gasteiger partial charge in [0.1, 0.15) is 0 Å². The van der Waals surface area contributed by atoms with Gasteiger partial charge in [0.2, 0.25) is 5.91 Å². The number of hydrogen-bond acceptors (Lipinski definition) is 2. The smallest absolute Gasteiger partial charge is 0.220 e. The molecule has 1 aromatic heterocycles. The van der Waals surface area contributed by atoms with Crippen molar-refractivity contribution in [2.75, 3.05) is 13.2 Å². The minimum absolute atomic E-state index is 0.110. The number of hydrogen-bond donors (Lipinski definition) is 2. The van der Waals surface area contributed by atoms with Crippen LogP contribution in [0.5, 0.6) is 0 Å². The normalized spacial score (nSPS) is 28.8. The van der Waals surface area contributed by atoms with Crippen LogP contribution in [0.2, 0.25) is 0 Å². The van der Waals surface area contributed by atoms with Gasteiger partial charge in [-0.15, -0.1) is 0 Å². The molecule has 4 nitrogen and oxygen atoms in total. The summed E-state index contributed by atoms with van der Waals surface area (Å²) in [5, 5.41) is 4.46. The van der Waals surface area contributed by atoms with Gasteiger partial charge in [-0.1, -0.05) is 18.2 Å². The Morgan fingerprint density at radius 2 is 2.28 bits per heavy atom. The van der Waals surface area contributed by atoms with Crippen molar-refractivity contribution in [3.05, 3.63) is 35.5 Å². The lowest BCUT2D eigenvalue weighted by Crippen LogP contribution is -2.50. The second-order valence-corrected chi connectivity index (χ2v) is 8.30. The molecule has 0 radical (unpaired) electrons. The third-order valence-corrected chi connectivity index (χ3v) is 7.09. The Morgan fingerprint density at radius 1 is 1.40 bits per heavy atom.